The smallest absolute Gasteiger partial charge is 0.0892 e. The second-order valence-corrected chi connectivity index (χ2v) is 5.54. The van der Waals surface area contributed by atoms with Crippen LogP contribution in [0.5, 0.6) is 0 Å². The van der Waals surface area contributed by atoms with Crippen molar-refractivity contribution in [1.82, 2.24) is 15.1 Å². The van der Waals surface area contributed by atoms with Crippen LogP contribution in [-0.4, -0.2) is 21.9 Å². The first-order valence-electron chi connectivity index (χ1n) is 6.35. The van der Waals surface area contributed by atoms with Crippen LogP contribution in [0.15, 0.2) is 48.8 Å². The van der Waals surface area contributed by atoms with E-state index in [0.717, 1.165) is 6.54 Å². The first-order chi connectivity index (χ1) is 8.56. The Bertz CT molecular complexity index is 454. The Kier molecular flexibility index (Phi) is 3.82. The molecule has 0 amide bonds. The van der Waals surface area contributed by atoms with Gasteiger partial charge >= 0.3 is 0 Å². The minimum atomic E-state index is 0.111. The van der Waals surface area contributed by atoms with E-state index in [2.05, 4.69) is 55.5 Å². The van der Waals surface area contributed by atoms with Crippen molar-refractivity contribution in [2.45, 2.75) is 32.4 Å². The van der Waals surface area contributed by atoms with Crippen molar-refractivity contribution in [2.75, 3.05) is 6.54 Å². The number of hydrogen-bond donors (Lipinski definition) is 1. The van der Waals surface area contributed by atoms with Gasteiger partial charge < -0.3 is 5.32 Å². The summed E-state index contributed by atoms with van der Waals surface area (Å²) < 4.78 is 2.01. The summed E-state index contributed by atoms with van der Waals surface area (Å²) in [7, 11) is 0. The summed E-state index contributed by atoms with van der Waals surface area (Å²) in [4.78, 5) is 0. The minimum Gasteiger partial charge on any atom is -0.310 e. The molecule has 18 heavy (non-hydrogen) atoms. The fourth-order valence-corrected chi connectivity index (χ4v) is 1.91. The lowest BCUT2D eigenvalue weighted by Gasteiger charge is -2.26. The lowest BCUT2D eigenvalue weighted by atomic mass is 10.0. The highest BCUT2D eigenvalue weighted by Gasteiger charge is 2.17. The maximum Gasteiger partial charge on any atom is 0.0892 e. The van der Waals surface area contributed by atoms with E-state index in [1.165, 1.54) is 5.56 Å². The van der Waals surface area contributed by atoms with Gasteiger partial charge in [-0.05, 0) is 32.4 Å². The van der Waals surface area contributed by atoms with Crippen molar-refractivity contribution in [1.29, 1.82) is 0 Å². The van der Waals surface area contributed by atoms with Gasteiger partial charge in [0.2, 0.25) is 0 Å². The fraction of sp³-hybridized carbons (Fsp3) is 0.400. The zero-order valence-corrected chi connectivity index (χ0v) is 11.3. The molecule has 0 spiro atoms. The standard InChI is InChI=1S/C15H21N3/c1-15(2,3)16-12-14(18-11-7-10-17-18)13-8-5-4-6-9-13/h4-11,14,16H,12H2,1-3H3. The molecule has 1 aromatic carbocycles. The molecule has 1 unspecified atom stereocenters. The Morgan fingerprint density at radius 1 is 1.17 bits per heavy atom. The van der Waals surface area contributed by atoms with Crippen LogP contribution >= 0.6 is 0 Å². The van der Waals surface area contributed by atoms with Crippen LogP contribution in [-0.2, 0) is 0 Å². The zero-order valence-electron chi connectivity index (χ0n) is 11.3. The Balaban J connectivity index is 2.19. The second kappa shape index (κ2) is 5.36. The lowest BCUT2D eigenvalue weighted by molar-refractivity contribution is 0.378. The van der Waals surface area contributed by atoms with Gasteiger partial charge in [-0.1, -0.05) is 30.3 Å². The van der Waals surface area contributed by atoms with Gasteiger partial charge in [0.15, 0.2) is 0 Å². The number of aromatic nitrogens is 2. The van der Waals surface area contributed by atoms with Gasteiger partial charge in [-0.15, -0.1) is 0 Å². The lowest BCUT2D eigenvalue weighted by Crippen LogP contribution is -2.40. The largest absolute Gasteiger partial charge is 0.310 e. The van der Waals surface area contributed by atoms with Crippen LogP contribution in [0.1, 0.15) is 32.4 Å². The molecule has 0 aliphatic rings. The monoisotopic (exact) mass is 243 g/mol. The average Bonchev–Trinajstić information content (AvgIpc) is 2.83. The van der Waals surface area contributed by atoms with Crippen molar-refractivity contribution in [3.05, 3.63) is 54.4 Å². The molecular weight excluding hydrogens is 222 g/mol. The quantitative estimate of drug-likeness (QED) is 0.895. The van der Waals surface area contributed by atoms with Gasteiger partial charge in [-0.25, -0.2) is 0 Å². The zero-order chi connectivity index (χ0) is 13.0. The average molecular weight is 243 g/mol. The van der Waals surface area contributed by atoms with E-state index in [1.54, 1.807) is 0 Å². The van der Waals surface area contributed by atoms with Crippen LogP contribution in [0.2, 0.25) is 0 Å². The molecule has 1 aromatic heterocycles. The number of nitrogens with one attached hydrogen (secondary N) is 1. The van der Waals surface area contributed by atoms with E-state index in [4.69, 9.17) is 0 Å². The summed E-state index contributed by atoms with van der Waals surface area (Å²) in [6, 6.07) is 12.7. The number of hydrogen-bond acceptors (Lipinski definition) is 2. The minimum absolute atomic E-state index is 0.111. The summed E-state index contributed by atoms with van der Waals surface area (Å²) in [5.41, 5.74) is 1.39. The first-order valence-corrected chi connectivity index (χ1v) is 6.35. The van der Waals surface area contributed by atoms with E-state index in [9.17, 15) is 0 Å². The fourth-order valence-electron chi connectivity index (χ4n) is 1.91. The van der Waals surface area contributed by atoms with Crippen LogP contribution in [0.25, 0.3) is 0 Å². The molecule has 1 N–H and O–H groups in total. The van der Waals surface area contributed by atoms with Crippen LogP contribution in [0, 0.1) is 0 Å². The molecule has 1 heterocycles. The molecule has 0 aliphatic heterocycles. The predicted molar refractivity (Wildman–Crippen MR) is 74.6 cm³/mol. The number of rotatable bonds is 4. The maximum absolute atomic E-state index is 4.37. The number of benzene rings is 1. The molecule has 0 fully saturated rings. The Labute approximate surface area is 109 Å². The predicted octanol–water partition coefficient (Wildman–Crippen LogP) is 2.86. The summed E-state index contributed by atoms with van der Waals surface area (Å²) in [5, 5.41) is 7.92. The maximum atomic E-state index is 4.37. The molecule has 0 aliphatic carbocycles. The summed E-state index contributed by atoms with van der Waals surface area (Å²) in [6.45, 7) is 7.41. The SMILES string of the molecule is CC(C)(C)NCC(c1ccccc1)n1cccn1. The molecule has 0 bridgehead atoms. The molecule has 3 nitrogen and oxygen atoms in total. The van der Waals surface area contributed by atoms with Crippen LogP contribution in [0.3, 0.4) is 0 Å². The first kappa shape index (κ1) is 12.8. The third-order valence-electron chi connectivity index (χ3n) is 2.85. The van der Waals surface area contributed by atoms with Crippen LogP contribution in [0.4, 0.5) is 0 Å². The van der Waals surface area contributed by atoms with Crippen LogP contribution < -0.4 is 5.32 Å². The summed E-state index contributed by atoms with van der Waals surface area (Å²) in [5.74, 6) is 0. The van der Waals surface area contributed by atoms with Crippen molar-refractivity contribution in [3.8, 4) is 0 Å². The summed E-state index contributed by atoms with van der Waals surface area (Å²) in [6.07, 6.45) is 3.84. The van der Waals surface area contributed by atoms with Gasteiger partial charge in [0.25, 0.3) is 0 Å². The molecule has 1 atom stereocenters. The van der Waals surface area contributed by atoms with Crippen molar-refractivity contribution in [2.24, 2.45) is 0 Å². The highest BCUT2D eigenvalue weighted by molar-refractivity contribution is 5.20. The number of nitrogens with zero attached hydrogens (tertiary/aromatic N) is 2. The van der Waals surface area contributed by atoms with Crippen molar-refractivity contribution >= 4 is 0 Å². The van der Waals surface area contributed by atoms with Gasteiger partial charge in [-0.2, -0.15) is 5.10 Å². The summed E-state index contributed by atoms with van der Waals surface area (Å²) >= 11 is 0. The van der Waals surface area contributed by atoms with Gasteiger partial charge in [-0.3, -0.25) is 4.68 Å². The van der Waals surface area contributed by atoms with E-state index in [-0.39, 0.29) is 11.6 Å². The van der Waals surface area contributed by atoms with Gasteiger partial charge in [0, 0.05) is 24.5 Å². The Morgan fingerprint density at radius 2 is 1.89 bits per heavy atom. The molecule has 3 heteroatoms. The third kappa shape index (κ3) is 3.44. The topological polar surface area (TPSA) is 29.9 Å². The normalized spacial score (nSPS) is 13.5. The van der Waals surface area contributed by atoms with Crippen molar-refractivity contribution in [3.63, 3.8) is 0 Å². The third-order valence-corrected chi connectivity index (χ3v) is 2.85. The van der Waals surface area contributed by atoms with Gasteiger partial charge in [0.1, 0.15) is 0 Å². The highest BCUT2D eigenvalue weighted by atomic mass is 15.3. The molecule has 96 valence electrons. The van der Waals surface area contributed by atoms with E-state index < -0.39 is 0 Å². The Morgan fingerprint density at radius 3 is 2.44 bits per heavy atom. The molecule has 2 aromatic rings. The molecule has 0 saturated heterocycles. The van der Waals surface area contributed by atoms with Crippen molar-refractivity contribution < 1.29 is 0 Å². The second-order valence-electron chi connectivity index (χ2n) is 5.54. The molecule has 0 saturated carbocycles. The highest BCUT2D eigenvalue weighted by Crippen LogP contribution is 2.17. The molecule has 0 radical (unpaired) electrons. The van der Waals surface area contributed by atoms with E-state index >= 15 is 0 Å². The molecule has 2 rings (SSSR count). The van der Waals surface area contributed by atoms with E-state index in [0.29, 0.717) is 0 Å². The molecular formula is C15H21N3. The Hall–Kier alpha value is -1.61. The van der Waals surface area contributed by atoms with E-state index in [1.807, 2.05) is 29.2 Å². The van der Waals surface area contributed by atoms with Gasteiger partial charge in [0.05, 0.1) is 6.04 Å².